The highest BCUT2D eigenvalue weighted by Crippen LogP contribution is 2.30. The van der Waals surface area contributed by atoms with Gasteiger partial charge in [-0.3, -0.25) is 15.1 Å². The van der Waals surface area contributed by atoms with Crippen LogP contribution in [0.4, 0.5) is 24.5 Å². The average Bonchev–Trinajstić information content (AvgIpc) is 2.34. The lowest BCUT2D eigenvalue weighted by Crippen LogP contribution is -2.21. The van der Waals surface area contributed by atoms with E-state index < -0.39 is 17.6 Å². The zero-order valence-electron chi connectivity index (χ0n) is 9.44. The van der Waals surface area contributed by atoms with E-state index in [9.17, 15) is 23.3 Å². The van der Waals surface area contributed by atoms with Crippen LogP contribution in [0, 0.1) is 10.1 Å². The van der Waals surface area contributed by atoms with Crippen molar-refractivity contribution in [2.75, 3.05) is 11.9 Å². The number of alkyl halides is 3. The number of aromatic nitrogens is 1. The van der Waals surface area contributed by atoms with E-state index in [-0.39, 0.29) is 22.3 Å². The van der Waals surface area contributed by atoms with Crippen molar-refractivity contribution >= 4 is 22.3 Å². The molecular weight excluding hydrogens is 263 g/mol. The van der Waals surface area contributed by atoms with Gasteiger partial charge in [-0.1, -0.05) is 0 Å². The number of non-ortho nitro benzene ring substituents is 1. The van der Waals surface area contributed by atoms with E-state index in [1.165, 1.54) is 24.4 Å². The van der Waals surface area contributed by atoms with Gasteiger partial charge in [-0.25, -0.2) is 0 Å². The van der Waals surface area contributed by atoms with Crippen molar-refractivity contribution in [3.63, 3.8) is 0 Å². The van der Waals surface area contributed by atoms with Crippen molar-refractivity contribution in [2.45, 2.75) is 6.18 Å². The summed E-state index contributed by atoms with van der Waals surface area (Å²) in [5.74, 6) is 0. The molecule has 0 aliphatic rings. The summed E-state index contributed by atoms with van der Waals surface area (Å²) in [6.07, 6.45) is -3.01. The topological polar surface area (TPSA) is 68.1 Å². The molecule has 0 saturated carbocycles. The van der Waals surface area contributed by atoms with Gasteiger partial charge in [-0.2, -0.15) is 13.2 Å². The number of halogens is 3. The molecule has 1 N–H and O–H groups in total. The van der Waals surface area contributed by atoms with Crippen molar-refractivity contribution in [1.29, 1.82) is 0 Å². The maximum Gasteiger partial charge on any atom is 0.405 e. The number of nitrogens with one attached hydrogen (secondary N) is 1. The number of nitro benzene ring substituents is 1. The molecule has 2 rings (SSSR count). The molecule has 0 amide bonds. The molecule has 19 heavy (non-hydrogen) atoms. The molecule has 0 fully saturated rings. The second-order valence-corrected chi connectivity index (χ2v) is 3.76. The summed E-state index contributed by atoms with van der Waals surface area (Å²) < 4.78 is 36.5. The van der Waals surface area contributed by atoms with Gasteiger partial charge >= 0.3 is 6.18 Å². The predicted molar refractivity (Wildman–Crippen MR) is 62.9 cm³/mol. The standard InChI is InChI=1S/C11H8F3N3O2/c12-11(13,14)6-16-8-3-4-9(17(18)19)7-2-1-5-15-10(7)8/h1-5,16H,6H2. The molecule has 0 unspecified atom stereocenters. The zero-order chi connectivity index (χ0) is 14.0. The lowest BCUT2D eigenvalue weighted by molar-refractivity contribution is -0.383. The van der Waals surface area contributed by atoms with E-state index in [4.69, 9.17) is 0 Å². The predicted octanol–water partition coefficient (Wildman–Crippen LogP) is 3.12. The van der Waals surface area contributed by atoms with Gasteiger partial charge in [0.15, 0.2) is 0 Å². The number of nitrogens with zero attached hydrogens (tertiary/aromatic N) is 2. The fourth-order valence-electron chi connectivity index (χ4n) is 1.65. The molecule has 2 aromatic rings. The Morgan fingerprint density at radius 2 is 2.05 bits per heavy atom. The van der Waals surface area contributed by atoms with Crippen LogP contribution in [0.3, 0.4) is 0 Å². The molecule has 0 aliphatic carbocycles. The van der Waals surface area contributed by atoms with Crippen LogP contribution < -0.4 is 5.32 Å². The molecule has 8 heteroatoms. The molecule has 0 atom stereocenters. The molecular formula is C11H8F3N3O2. The maximum atomic E-state index is 12.2. The van der Waals surface area contributed by atoms with E-state index in [1.807, 2.05) is 0 Å². The Kier molecular flexibility index (Phi) is 3.24. The second kappa shape index (κ2) is 4.71. The Hall–Kier alpha value is -2.38. The Morgan fingerprint density at radius 1 is 1.32 bits per heavy atom. The second-order valence-electron chi connectivity index (χ2n) is 3.76. The number of pyridine rings is 1. The van der Waals surface area contributed by atoms with Gasteiger partial charge in [0.1, 0.15) is 12.1 Å². The van der Waals surface area contributed by atoms with Gasteiger partial charge in [0.2, 0.25) is 0 Å². The first kappa shape index (κ1) is 13.1. The average molecular weight is 271 g/mol. The van der Waals surface area contributed by atoms with Crippen LogP contribution in [-0.4, -0.2) is 22.6 Å². The largest absolute Gasteiger partial charge is 0.405 e. The van der Waals surface area contributed by atoms with E-state index in [2.05, 4.69) is 10.3 Å². The quantitative estimate of drug-likeness (QED) is 0.688. The molecule has 0 aliphatic heterocycles. The minimum atomic E-state index is -4.37. The Bertz CT molecular complexity index is 628. The Morgan fingerprint density at radius 3 is 2.68 bits per heavy atom. The van der Waals surface area contributed by atoms with Gasteiger partial charge in [0.05, 0.1) is 16.0 Å². The summed E-state index contributed by atoms with van der Waals surface area (Å²) in [5, 5.41) is 13.2. The van der Waals surface area contributed by atoms with Crippen molar-refractivity contribution in [1.82, 2.24) is 4.98 Å². The summed E-state index contributed by atoms with van der Waals surface area (Å²) in [5.41, 5.74) is 0.0557. The van der Waals surface area contributed by atoms with Crippen molar-refractivity contribution in [3.8, 4) is 0 Å². The minimum absolute atomic E-state index is 0.110. The van der Waals surface area contributed by atoms with Gasteiger partial charge in [-0.15, -0.1) is 0 Å². The highest BCUT2D eigenvalue weighted by atomic mass is 19.4. The normalized spacial score (nSPS) is 11.5. The van der Waals surface area contributed by atoms with Crippen LogP contribution >= 0.6 is 0 Å². The SMILES string of the molecule is O=[N+]([O-])c1ccc(NCC(F)(F)F)c2ncccc12. The van der Waals surface area contributed by atoms with Crippen LogP contribution in [0.1, 0.15) is 0 Å². The van der Waals surface area contributed by atoms with Crippen LogP contribution in [0.2, 0.25) is 0 Å². The van der Waals surface area contributed by atoms with Gasteiger partial charge in [0, 0.05) is 12.3 Å². The monoisotopic (exact) mass is 271 g/mol. The fraction of sp³-hybridized carbons (Fsp3) is 0.182. The molecule has 100 valence electrons. The number of hydrogen-bond donors (Lipinski definition) is 1. The van der Waals surface area contributed by atoms with Crippen LogP contribution in [-0.2, 0) is 0 Å². The van der Waals surface area contributed by atoms with Crippen LogP contribution in [0.25, 0.3) is 10.9 Å². The first-order valence-corrected chi connectivity index (χ1v) is 5.21. The molecule has 1 aromatic heterocycles. The summed E-state index contributed by atoms with van der Waals surface area (Å²) in [6, 6.07) is 5.31. The summed E-state index contributed by atoms with van der Waals surface area (Å²) >= 11 is 0. The lowest BCUT2D eigenvalue weighted by Gasteiger charge is -2.11. The molecule has 0 spiro atoms. The summed E-state index contributed by atoms with van der Waals surface area (Å²) in [7, 11) is 0. The van der Waals surface area contributed by atoms with Crippen molar-refractivity contribution in [3.05, 3.63) is 40.6 Å². The molecule has 0 bridgehead atoms. The van der Waals surface area contributed by atoms with E-state index in [0.717, 1.165) is 6.07 Å². The van der Waals surface area contributed by atoms with Gasteiger partial charge in [-0.05, 0) is 18.2 Å². The number of hydrogen-bond acceptors (Lipinski definition) is 4. The van der Waals surface area contributed by atoms with Gasteiger partial charge in [0.25, 0.3) is 5.69 Å². The highest BCUT2D eigenvalue weighted by molar-refractivity contribution is 5.96. The van der Waals surface area contributed by atoms with Crippen LogP contribution in [0.5, 0.6) is 0 Å². The number of nitro groups is 1. The number of benzene rings is 1. The third-order valence-electron chi connectivity index (χ3n) is 2.42. The van der Waals surface area contributed by atoms with Gasteiger partial charge < -0.3 is 5.32 Å². The maximum absolute atomic E-state index is 12.2. The Balaban J connectivity index is 2.47. The molecule has 1 heterocycles. The minimum Gasteiger partial charge on any atom is -0.375 e. The van der Waals surface area contributed by atoms with Crippen molar-refractivity contribution < 1.29 is 18.1 Å². The van der Waals surface area contributed by atoms with E-state index >= 15 is 0 Å². The smallest absolute Gasteiger partial charge is 0.375 e. The summed E-state index contributed by atoms with van der Waals surface area (Å²) in [6.45, 7) is -1.23. The number of anilines is 1. The highest BCUT2D eigenvalue weighted by Gasteiger charge is 2.27. The van der Waals surface area contributed by atoms with E-state index in [0.29, 0.717) is 0 Å². The molecule has 0 radical (unpaired) electrons. The number of fused-ring (bicyclic) bond motifs is 1. The first-order valence-electron chi connectivity index (χ1n) is 5.21. The lowest BCUT2D eigenvalue weighted by atomic mass is 10.1. The first-order chi connectivity index (χ1) is 8.88. The van der Waals surface area contributed by atoms with E-state index in [1.54, 1.807) is 0 Å². The van der Waals surface area contributed by atoms with Crippen LogP contribution in [0.15, 0.2) is 30.5 Å². The molecule has 0 saturated heterocycles. The van der Waals surface area contributed by atoms with Crippen molar-refractivity contribution in [2.24, 2.45) is 0 Å². The third kappa shape index (κ3) is 2.90. The number of rotatable bonds is 3. The summed E-state index contributed by atoms with van der Waals surface area (Å²) in [4.78, 5) is 14.1. The third-order valence-corrected chi connectivity index (χ3v) is 2.42. The molecule has 1 aromatic carbocycles. The zero-order valence-corrected chi connectivity index (χ0v) is 9.44. The Labute approximate surface area is 105 Å². The fourth-order valence-corrected chi connectivity index (χ4v) is 1.65. The molecule has 5 nitrogen and oxygen atoms in total.